The molecule has 4 aromatic rings. The Morgan fingerprint density at radius 1 is 0.500 bits per heavy atom. The van der Waals surface area contributed by atoms with E-state index >= 15 is 0 Å². The minimum atomic E-state index is -1.97. The van der Waals surface area contributed by atoms with E-state index in [9.17, 15) is 19.2 Å². The third kappa shape index (κ3) is 3.04. The molecule has 6 heteroatoms. The second-order valence-electron chi connectivity index (χ2n) is 9.92. The first kappa shape index (κ1) is 23.7. The summed E-state index contributed by atoms with van der Waals surface area (Å²) in [7, 11) is 0. The summed E-state index contributed by atoms with van der Waals surface area (Å²) in [6.45, 7) is 0. The van der Waals surface area contributed by atoms with E-state index in [-0.39, 0.29) is 11.1 Å². The van der Waals surface area contributed by atoms with Crippen LogP contribution in [0.1, 0.15) is 43.0 Å². The van der Waals surface area contributed by atoms with Crippen molar-refractivity contribution >= 4 is 35.0 Å². The fourth-order valence-corrected chi connectivity index (χ4v) is 6.25. The molecule has 0 fully saturated rings. The number of carbonyl (C=O) groups excluding carboxylic acids is 4. The van der Waals surface area contributed by atoms with Gasteiger partial charge in [0.15, 0.2) is 0 Å². The molecule has 0 aromatic heterocycles. The molecule has 8 rings (SSSR count). The predicted octanol–water partition coefficient (Wildman–Crippen LogP) is 5.44. The molecule has 0 amide bonds. The quantitative estimate of drug-likeness (QED) is 0.257. The van der Waals surface area contributed by atoms with Crippen molar-refractivity contribution in [2.24, 2.45) is 0 Å². The maximum Gasteiger partial charge on any atom is 0.345 e. The zero-order valence-corrected chi connectivity index (χ0v) is 21.0. The van der Waals surface area contributed by atoms with Gasteiger partial charge >= 0.3 is 23.9 Å². The smallest absolute Gasteiger partial charge is 0.345 e. The molecule has 8 bridgehead atoms. The Balaban J connectivity index is 1.76. The van der Waals surface area contributed by atoms with E-state index in [1.165, 1.54) is 0 Å². The lowest BCUT2D eigenvalue weighted by molar-refractivity contribution is -0.154. The number of cyclic esters (lactones) is 2. The number of ether oxygens (including phenoxy) is 2. The van der Waals surface area contributed by atoms with Crippen LogP contribution in [-0.4, -0.2) is 23.9 Å². The van der Waals surface area contributed by atoms with Crippen LogP contribution in [0, 0.1) is 0 Å². The maximum atomic E-state index is 14.9. The fourth-order valence-electron chi connectivity index (χ4n) is 6.25. The third-order valence-corrected chi connectivity index (χ3v) is 7.99. The number of allylic oxidation sites excluding steroid dienone is 2. The number of benzene rings is 4. The van der Waals surface area contributed by atoms with Crippen molar-refractivity contribution in [2.75, 3.05) is 0 Å². The highest BCUT2D eigenvalue weighted by molar-refractivity contribution is 6.21. The average Bonchev–Trinajstić information content (AvgIpc) is 3.01. The molecule has 2 atom stereocenters. The summed E-state index contributed by atoms with van der Waals surface area (Å²) < 4.78 is 11.2. The summed E-state index contributed by atoms with van der Waals surface area (Å²) >= 11 is 0. The summed E-state index contributed by atoms with van der Waals surface area (Å²) in [5, 5.41) is 0. The van der Waals surface area contributed by atoms with Crippen LogP contribution in [0.4, 0.5) is 0 Å². The highest BCUT2D eigenvalue weighted by Gasteiger charge is 2.68. The largest absolute Gasteiger partial charge is 0.388 e. The van der Waals surface area contributed by atoms with Gasteiger partial charge in [0.25, 0.3) is 0 Å². The molecule has 0 saturated carbocycles. The predicted molar refractivity (Wildman–Crippen MR) is 146 cm³/mol. The Bertz CT molecular complexity index is 1800. The van der Waals surface area contributed by atoms with Crippen LogP contribution in [0.15, 0.2) is 121 Å². The summed E-state index contributed by atoms with van der Waals surface area (Å²) in [6, 6.07) is 30.8. The third-order valence-electron chi connectivity index (χ3n) is 7.99. The second kappa shape index (κ2) is 8.58. The Kier molecular flexibility index (Phi) is 5.09. The molecular weight excluding hydrogens is 504 g/mol. The second-order valence-corrected chi connectivity index (χ2v) is 9.92. The molecule has 192 valence electrons. The Morgan fingerprint density at radius 2 is 1.07 bits per heavy atom. The Morgan fingerprint density at radius 3 is 1.77 bits per heavy atom. The number of hydrogen-bond donors (Lipinski definition) is 0. The number of carbonyl (C=O) groups is 4. The van der Waals surface area contributed by atoms with Gasteiger partial charge in [0, 0.05) is 0 Å². The molecule has 0 radical (unpaired) electrons. The molecule has 4 aliphatic rings. The SMILES string of the molecule is O=C1OC(=O)C2(c3ccccc3)C=CC3=C(c4ccc1cc4)C2(c1ccccc1)C(=O)OC(=O)c1cccc3c1. The first-order valence-electron chi connectivity index (χ1n) is 12.8. The zero-order chi connectivity index (χ0) is 27.5. The number of rotatable bonds is 2. The highest BCUT2D eigenvalue weighted by atomic mass is 16.6. The minimum Gasteiger partial charge on any atom is -0.388 e. The van der Waals surface area contributed by atoms with E-state index in [0.717, 1.165) is 0 Å². The van der Waals surface area contributed by atoms with Crippen molar-refractivity contribution in [3.05, 3.63) is 155 Å². The van der Waals surface area contributed by atoms with Gasteiger partial charge in [-0.3, -0.25) is 9.59 Å². The Hall–Kier alpha value is -5.36. The Labute approximate surface area is 229 Å². The van der Waals surface area contributed by atoms with E-state index in [0.29, 0.717) is 33.4 Å². The maximum absolute atomic E-state index is 14.9. The summed E-state index contributed by atoms with van der Waals surface area (Å²) in [5.41, 5.74) is -0.355. The van der Waals surface area contributed by atoms with Crippen molar-refractivity contribution in [1.82, 2.24) is 0 Å². The van der Waals surface area contributed by atoms with Crippen molar-refractivity contribution in [3.63, 3.8) is 0 Å². The molecule has 1 aliphatic carbocycles. The normalized spacial score (nSPS) is 23.1. The van der Waals surface area contributed by atoms with Crippen LogP contribution in [-0.2, 0) is 29.9 Å². The summed E-state index contributed by atoms with van der Waals surface area (Å²) in [5.74, 6) is -3.61. The van der Waals surface area contributed by atoms with Gasteiger partial charge in [-0.1, -0.05) is 97.1 Å². The summed E-state index contributed by atoms with van der Waals surface area (Å²) in [6.07, 6.45) is 3.38. The molecule has 40 heavy (non-hydrogen) atoms. The number of hydrogen-bond acceptors (Lipinski definition) is 6. The van der Waals surface area contributed by atoms with Crippen molar-refractivity contribution in [1.29, 1.82) is 0 Å². The monoisotopic (exact) mass is 524 g/mol. The molecule has 6 nitrogen and oxygen atoms in total. The van der Waals surface area contributed by atoms with Gasteiger partial charge < -0.3 is 9.47 Å². The van der Waals surface area contributed by atoms with Gasteiger partial charge in [-0.05, 0) is 57.7 Å². The lowest BCUT2D eigenvalue weighted by Crippen LogP contribution is -2.61. The first-order valence-corrected chi connectivity index (χ1v) is 12.8. The lowest BCUT2D eigenvalue weighted by Gasteiger charge is -2.49. The van der Waals surface area contributed by atoms with Crippen LogP contribution in [0.3, 0.4) is 0 Å². The fraction of sp³-hybridized carbons (Fsp3) is 0.0588. The van der Waals surface area contributed by atoms with Crippen LogP contribution in [0.2, 0.25) is 0 Å². The molecule has 0 spiro atoms. The van der Waals surface area contributed by atoms with E-state index < -0.39 is 34.7 Å². The standard InChI is InChI=1S/C34H20O6/c35-29-22-16-14-21(15-17-22)28-27-18-19-33(31(37)39-29,25-10-3-1-4-11-25)34(28,26-12-5-2-6-13-26)32(38)40-30(36)24-9-7-8-23(27)20-24/h1-20H. The molecular formula is C34H20O6. The van der Waals surface area contributed by atoms with Crippen molar-refractivity contribution < 1.29 is 28.7 Å². The van der Waals surface area contributed by atoms with Gasteiger partial charge in [-0.25, -0.2) is 9.59 Å². The minimum absolute atomic E-state index is 0.195. The van der Waals surface area contributed by atoms with Crippen LogP contribution in [0.25, 0.3) is 11.1 Å². The van der Waals surface area contributed by atoms with Gasteiger partial charge in [-0.15, -0.1) is 0 Å². The van der Waals surface area contributed by atoms with Gasteiger partial charge in [0.05, 0.1) is 11.1 Å². The topological polar surface area (TPSA) is 86.7 Å². The lowest BCUT2D eigenvalue weighted by atomic mass is 9.49. The van der Waals surface area contributed by atoms with E-state index in [1.54, 1.807) is 115 Å². The molecule has 3 aliphatic heterocycles. The molecule has 0 N–H and O–H groups in total. The van der Waals surface area contributed by atoms with E-state index in [2.05, 4.69) is 0 Å². The summed E-state index contributed by atoms with van der Waals surface area (Å²) in [4.78, 5) is 56.0. The van der Waals surface area contributed by atoms with Gasteiger partial charge in [0.1, 0.15) is 10.8 Å². The molecule has 0 saturated heterocycles. The van der Waals surface area contributed by atoms with E-state index in [1.807, 2.05) is 6.07 Å². The van der Waals surface area contributed by atoms with Crippen LogP contribution in [0.5, 0.6) is 0 Å². The molecule has 2 unspecified atom stereocenters. The van der Waals surface area contributed by atoms with Gasteiger partial charge in [0.2, 0.25) is 0 Å². The number of esters is 4. The first-order chi connectivity index (χ1) is 19.5. The number of fused-ring (bicyclic) bond motifs is 7. The zero-order valence-electron chi connectivity index (χ0n) is 21.0. The molecule has 4 aromatic carbocycles. The van der Waals surface area contributed by atoms with Crippen LogP contribution < -0.4 is 0 Å². The molecule has 3 heterocycles. The van der Waals surface area contributed by atoms with Crippen molar-refractivity contribution in [2.45, 2.75) is 10.8 Å². The van der Waals surface area contributed by atoms with Crippen molar-refractivity contribution in [3.8, 4) is 0 Å². The highest BCUT2D eigenvalue weighted by Crippen LogP contribution is 2.60. The van der Waals surface area contributed by atoms with Crippen LogP contribution >= 0.6 is 0 Å². The average molecular weight is 525 g/mol. The van der Waals surface area contributed by atoms with E-state index in [4.69, 9.17) is 9.47 Å². The van der Waals surface area contributed by atoms with Gasteiger partial charge in [-0.2, -0.15) is 0 Å².